The van der Waals surface area contributed by atoms with Gasteiger partial charge in [-0.05, 0) is 18.2 Å². The summed E-state index contributed by atoms with van der Waals surface area (Å²) < 4.78 is 10.1. The molecule has 0 aliphatic rings. The number of furan rings is 1. The molecule has 1 heterocycles. The van der Waals surface area contributed by atoms with Crippen LogP contribution < -0.4 is 10.2 Å². The molecule has 0 radical (unpaired) electrons. The molecule has 98 valence electrons. The molecule has 19 heavy (non-hydrogen) atoms. The third kappa shape index (κ3) is 3.09. The highest BCUT2D eigenvalue weighted by atomic mass is 16.6. The number of hydrazone groups is 1. The van der Waals surface area contributed by atoms with Crippen molar-refractivity contribution in [2.24, 2.45) is 5.10 Å². The summed E-state index contributed by atoms with van der Waals surface area (Å²) in [6.07, 6.45) is 1.35. The number of methoxy groups -OCH3 is 1. The highest BCUT2D eigenvalue weighted by molar-refractivity contribution is 5.77. The quantitative estimate of drug-likeness (QED) is 0.507. The zero-order valence-electron chi connectivity index (χ0n) is 10.1. The van der Waals surface area contributed by atoms with Gasteiger partial charge in [-0.1, -0.05) is 12.1 Å². The van der Waals surface area contributed by atoms with Crippen LogP contribution in [0.2, 0.25) is 0 Å². The Hall–Kier alpha value is -2.83. The molecule has 1 aromatic heterocycles. The first kappa shape index (κ1) is 12.6. The summed E-state index contributed by atoms with van der Waals surface area (Å²) in [6, 6.07) is 9.98. The fraction of sp³-hybridized carbons (Fsp3) is 0.0833. The second-order valence-electron chi connectivity index (χ2n) is 3.50. The molecule has 0 spiro atoms. The van der Waals surface area contributed by atoms with E-state index in [1.807, 2.05) is 12.1 Å². The van der Waals surface area contributed by atoms with Gasteiger partial charge in [0.1, 0.15) is 10.7 Å². The minimum atomic E-state index is -0.606. The summed E-state index contributed by atoms with van der Waals surface area (Å²) in [7, 11) is 1.56. The Morgan fingerprint density at radius 3 is 2.84 bits per heavy atom. The number of benzene rings is 1. The largest absolute Gasteiger partial charge is 0.495 e. The molecule has 2 aromatic rings. The average Bonchev–Trinajstić information content (AvgIpc) is 2.88. The Morgan fingerprint density at radius 1 is 1.37 bits per heavy atom. The predicted octanol–water partition coefficient (Wildman–Crippen LogP) is 2.64. The van der Waals surface area contributed by atoms with Gasteiger partial charge in [0.15, 0.2) is 5.76 Å². The summed E-state index contributed by atoms with van der Waals surface area (Å²) in [4.78, 5) is 9.82. The van der Waals surface area contributed by atoms with E-state index in [4.69, 9.17) is 9.15 Å². The molecule has 7 nitrogen and oxygen atoms in total. The van der Waals surface area contributed by atoms with Crippen molar-refractivity contribution < 1.29 is 14.1 Å². The van der Waals surface area contributed by atoms with Gasteiger partial charge in [0.05, 0.1) is 25.1 Å². The van der Waals surface area contributed by atoms with Crippen molar-refractivity contribution in [1.82, 2.24) is 0 Å². The molecule has 0 aliphatic carbocycles. The van der Waals surface area contributed by atoms with Gasteiger partial charge in [0.25, 0.3) is 0 Å². The van der Waals surface area contributed by atoms with E-state index in [0.29, 0.717) is 11.4 Å². The third-order valence-corrected chi connectivity index (χ3v) is 2.28. The Bertz CT molecular complexity index is 607. The number of hydrogen-bond donors (Lipinski definition) is 1. The van der Waals surface area contributed by atoms with Crippen LogP contribution in [0.1, 0.15) is 5.76 Å². The maximum atomic E-state index is 10.4. The topological polar surface area (TPSA) is 89.9 Å². The van der Waals surface area contributed by atoms with E-state index in [-0.39, 0.29) is 11.6 Å². The second kappa shape index (κ2) is 5.67. The van der Waals surface area contributed by atoms with Crippen molar-refractivity contribution >= 4 is 17.8 Å². The number of para-hydroxylation sites is 2. The lowest BCUT2D eigenvalue weighted by Crippen LogP contribution is -1.93. The van der Waals surface area contributed by atoms with Crippen LogP contribution in [-0.2, 0) is 0 Å². The lowest BCUT2D eigenvalue weighted by atomic mass is 10.3. The smallest absolute Gasteiger partial charge is 0.433 e. The minimum absolute atomic E-state index is 0.286. The number of hydrogen-bond acceptors (Lipinski definition) is 6. The van der Waals surface area contributed by atoms with Crippen LogP contribution in [-0.4, -0.2) is 18.2 Å². The fourth-order valence-electron chi connectivity index (χ4n) is 1.41. The lowest BCUT2D eigenvalue weighted by Gasteiger charge is -2.05. The number of rotatable bonds is 5. The Balaban J connectivity index is 2.04. The van der Waals surface area contributed by atoms with Crippen LogP contribution in [0.15, 0.2) is 45.9 Å². The number of ether oxygens (including phenoxy) is 1. The first-order valence-corrected chi connectivity index (χ1v) is 5.37. The highest BCUT2D eigenvalue weighted by Gasteiger charge is 2.10. The Kier molecular flexibility index (Phi) is 3.77. The molecule has 0 amide bonds. The predicted molar refractivity (Wildman–Crippen MR) is 69.6 cm³/mol. The average molecular weight is 261 g/mol. The van der Waals surface area contributed by atoms with E-state index < -0.39 is 4.92 Å². The first-order chi connectivity index (χ1) is 9.20. The Labute approximate surface area is 108 Å². The van der Waals surface area contributed by atoms with E-state index in [1.165, 1.54) is 18.3 Å². The zero-order chi connectivity index (χ0) is 13.7. The molecule has 2 rings (SSSR count). The molecule has 0 saturated heterocycles. The number of nitro groups is 1. The van der Waals surface area contributed by atoms with Crippen LogP contribution >= 0.6 is 0 Å². The van der Waals surface area contributed by atoms with E-state index in [2.05, 4.69) is 10.5 Å². The summed E-state index contributed by atoms with van der Waals surface area (Å²) >= 11 is 0. The maximum absolute atomic E-state index is 10.4. The molecule has 0 saturated carbocycles. The molecule has 0 bridgehead atoms. The molecule has 0 atom stereocenters. The molecule has 0 unspecified atom stereocenters. The summed E-state index contributed by atoms with van der Waals surface area (Å²) in [5, 5.41) is 14.3. The monoisotopic (exact) mass is 261 g/mol. The van der Waals surface area contributed by atoms with Crippen molar-refractivity contribution in [2.75, 3.05) is 12.5 Å². The highest BCUT2D eigenvalue weighted by Crippen LogP contribution is 2.22. The van der Waals surface area contributed by atoms with E-state index in [9.17, 15) is 10.1 Å². The van der Waals surface area contributed by atoms with Crippen LogP contribution in [0.3, 0.4) is 0 Å². The number of nitrogens with one attached hydrogen (secondary N) is 1. The summed E-state index contributed by atoms with van der Waals surface area (Å²) in [6.45, 7) is 0. The normalized spacial score (nSPS) is 10.6. The standard InChI is InChI=1S/C12H11N3O4/c1-18-11-5-3-2-4-10(11)14-13-8-9-6-7-12(19-9)15(16)17/h2-8,14H,1H3. The minimum Gasteiger partial charge on any atom is -0.495 e. The van der Waals surface area contributed by atoms with Crippen molar-refractivity contribution in [3.8, 4) is 5.75 Å². The van der Waals surface area contributed by atoms with E-state index in [0.717, 1.165) is 0 Å². The van der Waals surface area contributed by atoms with E-state index in [1.54, 1.807) is 19.2 Å². The molecule has 0 aliphatic heterocycles. The number of nitrogens with zero attached hydrogens (tertiary/aromatic N) is 2. The van der Waals surface area contributed by atoms with Crippen LogP contribution in [0.5, 0.6) is 5.75 Å². The van der Waals surface area contributed by atoms with Crippen LogP contribution in [0.4, 0.5) is 11.6 Å². The molecular formula is C12H11N3O4. The van der Waals surface area contributed by atoms with Gasteiger partial charge in [-0.15, -0.1) is 0 Å². The summed E-state index contributed by atoms with van der Waals surface area (Å²) in [5.74, 6) is 0.609. The molecular weight excluding hydrogens is 250 g/mol. The van der Waals surface area contributed by atoms with Gasteiger partial charge in [0, 0.05) is 0 Å². The van der Waals surface area contributed by atoms with Gasteiger partial charge < -0.3 is 9.15 Å². The van der Waals surface area contributed by atoms with Crippen molar-refractivity contribution in [3.63, 3.8) is 0 Å². The Morgan fingerprint density at radius 2 is 2.16 bits per heavy atom. The van der Waals surface area contributed by atoms with Gasteiger partial charge in [-0.3, -0.25) is 15.5 Å². The van der Waals surface area contributed by atoms with Crippen molar-refractivity contribution in [2.45, 2.75) is 0 Å². The van der Waals surface area contributed by atoms with Gasteiger partial charge in [-0.25, -0.2) is 0 Å². The summed E-state index contributed by atoms with van der Waals surface area (Å²) in [5.41, 5.74) is 3.45. The maximum Gasteiger partial charge on any atom is 0.433 e. The van der Waals surface area contributed by atoms with Crippen molar-refractivity contribution in [3.05, 3.63) is 52.3 Å². The van der Waals surface area contributed by atoms with E-state index >= 15 is 0 Å². The second-order valence-corrected chi connectivity index (χ2v) is 3.50. The zero-order valence-corrected chi connectivity index (χ0v) is 10.1. The van der Waals surface area contributed by atoms with Gasteiger partial charge in [-0.2, -0.15) is 5.10 Å². The number of anilines is 1. The van der Waals surface area contributed by atoms with Gasteiger partial charge >= 0.3 is 5.88 Å². The molecule has 7 heteroatoms. The van der Waals surface area contributed by atoms with Gasteiger partial charge in [0.2, 0.25) is 0 Å². The lowest BCUT2D eigenvalue weighted by molar-refractivity contribution is -0.402. The molecule has 0 fully saturated rings. The third-order valence-electron chi connectivity index (χ3n) is 2.28. The van der Waals surface area contributed by atoms with Crippen molar-refractivity contribution in [1.29, 1.82) is 0 Å². The van der Waals surface area contributed by atoms with Crippen LogP contribution in [0.25, 0.3) is 0 Å². The SMILES string of the molecule is COc1ccccc1NN=Cc1ccc([N+](=O)[O-])o1. The van der Waals surface area contributed by atoms with Crippen LogP contribution in [0, 0.1) is 10.1 Å². The first-order valence-electron chi connectivity index (χ1n) is 5.37. The fourth-order valence-corrected chi connectivity index (χ4v) is 1.41. The molecule has 1 aromatic carbocycles. The molecule has 1 N–H and O–H groups in total.